The van der Waals surface area contributed by atoms with Gasteiger partial charge < -0.3 is 9.80 Å². The minimum absolute atomic E-state index is 0.0291. The van der Waals surface area contributed by atoms with E-state index in [1.54, 1.807) is 34.4 Å². The highest BCUT2D eigenvalue weighted by Gasteiger charge is 2.35. The molecule has 1 aliphatic rings. The summed E-state index contributed by atoms with van der Waals surface area (Å²) < 4.78 is 13.6. The van der Waals surface area contributed by atoms with Crippen molar-refractivity contribution in [1.82, 2.24) is 9.80 Å². The van der Waals surface area contributed by atoms with Crippen molar-refractivity contribution < 1.29 is 14.0 Å². The molecule has 0 spiro atoms. The zero-order valence-corrected chi connectivity index (χ0v) is 20.5. The van der Waals surface area contributed by atoms with Crippen molar-refractivity contribution in [2.24, 2.45) is 0 Å². The minimum Gasteiger partial charge on any atom is -0.330 e. The van der Waals surface area contributed by atoms with Crippen LogP contribution < -0.4 is 0 Å². The molecule has 4 rings (SSSR count). The third kappa shape index (κ3) is 5.28. The average Bonchev–Trinajstić information content (AvgIpc) is 3.30. The van der Waals surface area contributed by atoms with Gasteiger partial charge in [-0.2, -0.15) is 0 Å². The number of carbonyl (C=O) groups excluding carboxylic acids is 2. The topological polar surface area (TPSA) is 40.6 Å². The number of hydrogen-bond donors (Lipinski definition) is 0. The maximum absolute atomic E-state index is 13.7. The Bertz CT molecular complexity index is 1180. The van der Waals surface area contributed by atoms with Gasteiger partial charge in [0, 0.05) is 23.0 Å². The summed E-state index contributed by atoms with van der Waals surface area (Å²) in [6, 6.07) is 17.7. The first-order chi connectivity index (χ1) is 16.2. The fourth-order valence-corrected chi connectivity index (χ4v) is 5.19. The Morgan fingerprint density at radius 2 is 1.79 bits per heavy atom. The molecule has 176 valence electrons. The van der Waals surface area contributed by atoms with Gasteiger partial charge in [-0.1, -0.05) is 42.5 Å². The quantitative estimate of drug-likeness (QED) is 0.443. The van der Waals surface area contributed by atoms with Crippen LogP contribution in [0.5, 0.6) is 0 Å². The van der Waals surface area contributed by atoms with E-state index in [4.69, 9.17) is 0 Å². The zero-order valence-electron chi connectivity index (χ0n) is 19.7. The monoisotopic (exact) mass is 476 g/mol. The van der Waals surface area contributed by atoms with Crippen LogP contribution in [-0.4, -0.2) is 40.2 Å². The molecule has 0 saturated carbocycles. The Hall–Kier alpha value is -3.25. The van der Waals surface area contributed by atoms with Crippen LogP contribution in [0.2, 0.25) is 0 Å². The molecule has 1 aliphatic heterocycles. The molecular weight excluding hydrogens is 447 g/mol. The van der Waals surface area contributed by atoms with Crippen LogP contribution in [0.25, 0.3) is 6.08 Å². The summed E-state index contributed by atoms with van der Waals surface area (Å²) in [5.74, 6) is -0.642. The van der Waals surface area contributed by atoms with E-state index in [1.807, 2.05) is 67.4 Å². The number of benzene rings is 2. The SMILES string of the molecule is CC(C)(C)N(CC(=O)N1CCc2sccc2C1c1ccc(F)cc1)C(=O)/C=C/c1ccccc1. The summed E-state index contributed by atoms with van der Waals surface area (Å²) in [6.07, 6.45) is 4.07. The van der Waals surface area contributed by atoms with E-state index in [9.17, 15) is 14.0 Å². The summed E-state index contributed by atoms with van der Waals surface area (Å²) in [5.41, 5.74) is 2.33. The normalized spacial score (nSPS) is 15.9. The average molecular weight is 477 g/mol. The lowest BCUT2D eigenvalue weighted by atomic mass is 9.93. The van der Waals surface area contributed by atoms with Crippen molar-refractivity contribution in [1.29, 1.82) is 0 Å². The standard InChI is InChI=1S/C28H29FN2O2S/c1-28(2,3)31(25(32)14-9-20-7-5-4-6-8-20)19-26(33)30-17-15-24-23(16-18-34-24)27(30)21-10-12-22(29)13-11-21/h4-14,16,18,27H,15,17,19H2,1-3H3/b14-9+. The summed E-state index contributed by atoms with van der Waals surface area (Å²) in [7, 11) is 0. The van der Waals surface area contributed by atoms with E-state index >= 15 is 0 Å². The third-order valence-electron chi connectivity index (χ3n) is 6.06. The number of carbonyl (C=O) groups is 2. The lowest BCUT2D eigenvalue weighted by Crippen LogP contribution is -2.52. The molecule has 0 bridgehead atoms. The van der Waals surface area contributed by atoms with Crippen molar-refractivity contribution in [2.45, 2.75) is 38.8 Å². The maximum Gasteiger partial charge on any atom is 0.247 e. The summed E-state index contributed by atoms with van der Waals surface area (Å²) >= 11 is 1.68. The smallest absolute Gasteiger partial charge is 0.247 e. The van der Waals surface area contributed by atoms with Gasteiger partial charge in [0.05, 0.1) is 6.04 Å². The molecule has 0 fully saturated rings. The van der Waals surface area contributed by atoms with Gasteiger partial charge in [-0.05, 0) is 73.5 Å². The van der Waals surface area contributed by atoms with E-state index in [0.29, 0.717) is 6.54 Å². The summed E-state index contributed by atoms with van der Waals surface area (Å²) in [6.45, 7) is 6.32. The Balaban J connectivity index is 1.59. The number of thiophene rings is 1. The molecule has 0 radical (unpaired) electrons. The zero-order chi connectivity index (χ0) is 24.3. The lowest BCUT2D eigenvalue weighted by molar-refractivity contribution is -0.143. The van der Waals surface area contributed by atoms with E-state index in [2.05, 4.69) is 0 Å². The summed E-state index contributed by atoms with van der Waals surface area (Å²) in [4.78, 5) is 31.5. The second kappa shape index (κ2) is 9.94. The first kappa shape index (κ1) is 23.9. The van der Waals surface area contributed by atoms with Gasteiger partial charge in [-0.3, -0.25) is 9.59 Å². The van der Waals surface area contributed by atoms with Crippen LogP contribution in [0, 0.1) is 5.82 Å². The Labute approximate surface area is 204 Å². The van der Waals surface area contributed by atoms with Gasteiger partial charge in [-0.15, -0.1) is 11.3 Å². The number of hydrogen-bond acceptors (Lipinski definition) is 3. The number of amides is 2. The molecule has 3 aromatic rings. The second-order valence-corrected chi connectivity index (χ2v) is 10.4. The van der Waals surface area contributed by atoms with Gasteiger partial charge in [0.2, 0.25) is 11.8 Å². The molecule has 2 aromatic carbocycles. The number of fused-ring (bicyclic) bond motifs is 1. The Morgan fingerprint density at radius 1 is 1.09 bits per heavy atom. The first-order valence-electron chi connectivity index (χ1n) is 11.4. The predicted molar refractivity (Wildman–Crippen MR) is 135 cm³/mol. The van der Waals surface area contributed by atoms with Crippen LogP contribution in [0.1, 0.15) is 48.4 Å². The number of nitrogens with zero attached hydrogens (tertiary/aromatic N) is 2. The predicted octanol–water partition coefficient (Wildman–Crippen LogP) is 5.70. The second-order valence-electron chi connectivity index (χ2n) is 9.43. The van der Waals surface area contributed by atoms with E-state index < -0.39 is 5.54 Å². The van der Waals surface area contributed by atoms with Crippen molar-refractivity contribution >= 4 is 29.2 Å². The Morgan fingerprint density at radius 3 is 2.47 bits per heavy atom. The number of halogens is 1. The van der Waals surface area contributed by atoms with Crippen LogP contribution in [-0.2, 0) is 16.0 Å². The summed E-state index contributed by atoms with van der Waals surface area (Å²) in [5, 5.41) is 2.04. The molecule has 0 saturated heterocycles. The van der Waals surface area contributed by atoms with Crippen molar-refractivity contribution in [2.75, 3.05) is 13.1 Å². The van der Waals surface area contributed by atoms with Gasteiger partial charge in [-0.25, -0.2) is 4.39 Å². The highest BCUT2D eigenvalue weighted by Crippen LogP contribution is 2.38. The van der Waals surface area contributed by atoms with Crippen LogP contribution >= 0.6 is 11.3 Å². The van der Waals surface area contributed by atoms with Gasteiger partial charge in [0.25, 0.3) is 0 Å². The maximum atomic E-state index is 13.7. The Kier molecular flexibility index (Phi) is 6.98. The molecule has 4 nitrogen and oxygen atoms in total. The fourth-order valence-electron chi connectivity index (χ4n) is 4.28. The molecule has 34 heavy (non-hydrogen) atoms. The van der Waals surface area contributed by atoms with Gasteiger partial charge in [0.15, 0.2) is 0 Å². The number of rotatable bonds is 5. The molecular formula is C28H29FN2O2S. The molecule has 1 aromatic heterocycles. The molecule has 2 amide bonds. The van der Waals surface area contributed by atoms with Crippen molar-refractivity contribution in [3.8, 4) is 0 Å². The molecule has 6 heteroatoms. The minimum atomic E-state index is -0.539. The molecule has 0 N–H and O–H groups in total. The lowest BCUT2D eigenvalue weighted by Gasteiger charge is -2.40. The molecule has 0 aliphatic carbocycles. The highest BCUT2D eigenvalue weighted by molar-refractivity contribution is 7.10. The molecule has 2 heterocycles. The molecule has 1 atom stereocenters. The van der Waals surface area contributed by atoms with Crippen molar-refractivity contribution in [3.05, 3.63) is 99.5 Å². The largest absolute Gasteiger partial charge is 0.330 e. The third-order valence-corrected chi connectivity index (χ3v) is 7.06. The van der Waals surface area contributed by atoms with Crippen LogP contribution in [0.4, 0.5) is 4.39 Å². The fraction of sp³-hybridized carbons (Fsp3) is 0.286. The van der Waals surface area contributed by atoms with E-state index in [0.717, 1.165) is 23.1 Å². The first-order valence-corrected chi connectivity index (χ1v) is 12.3. The van der Waals surface area contributed by atoms with Gasteiger partial charge in [0.1, 0.15) is 12.4 Å². The van der Waals surface area contributed by atoms with E-state index in [1.165, 1.54) is 23.1 Å². The van der Waals surface area contributed by atoms with Gasteiger partial charge >= 0.3 is 0 Å². The molecule has 1 unspecified atom stereocenters. The van der Waals surface area contributed by atoms with Crippen molar-refractivity contribution in [3.63, 3.8) is 0 Å². The highest BCUT2D eigenvalue weighted by atomic mass is 32.1. The van der Waals surface area contributed by atoms with Crippen LogP contribution in [0.3, 0.4) is 0 Å². The van der Waals surface area contributed by atoms with E-state index in [-0.39, 0.29) is 30.2 Å². The van der Waals surface area contributed by atoms with Crippen LogP contribution in [0.15, 0.2) is 72.1 Å².